The molecule has 1 fully saturated rings. The summed E-state index contributed by atoms with van der Waals surface area (Å²) >= 11 is 0. The van der Waals surface area contributed by atoms with E-state index in [2.05, 4.69) is 0 Å². The Hall–Kier alpha value is -1.60. The standard InChI is InChI=1S/C20H22O5S2/c1-11(2)26(23)20-15-8-9-27(24,25)18(15)12(3)10-16(20)17(21)13-6-4-5-7-14(13)19(20)22/h4-7,11,15-16H,8-10H2,1-3H3/t15?,16?,20-,26?/m1/s1. The minimum Gasteiger partial charge on any atom is -0.294 e. The Morgan fingerprint density at radius 2 is 1.74 bits per heavy atom. The fourth-order valence-electron chi connectivity index (χ4n) is 5.16. The maximum atomic E-state index is 13.8. The van der Waals surface area contributed by atoms with Gasteiger partial charge in [-0.2, -0.15) is 0 Å². The molecule has 0 saturated carbocycles. The van der Waals surface area contributed by atoms with Gasteiger partial charge in [-0.3, -0.25) is 13.8 Å². The van der Waals surface area contributed by atoms with Crippen molar-refractivity contribution in [3.63, 3.8) is 0 Å². The summed E-state index contributed by atoms with van der Waals surface area (Å²) in [4.78, 5) is 27.4. The second-order valence-corrected chi connectivity index (χ2v) is 12.2. The molecule has 0 spiro atoms. The number of benzene rings is 1. The third kappa shape index (κ3) is 2.27. The lowest BCUT2D eigenvalue weighted by molar-refractivity contribution is 0.0713. The van der Waals surface area contributed by atoms with Crippen LogP contribution in [-0.2, 0) is 20.6 Å². The maximum Gasteiger partial charge on any atom is 0.183 e. The first-order valence-corrected chi connectivity index (χ1v) is 12.0. The Balaban J connectivity index is 2.08. The van der Waals surface area contributed by atoms with Gasteiger partial charge in [0.15, 0.2) is 21.4 Å². The van der Waals surface area contributed by atoms with Gasteiger partial charge in [0, 0.05) is 38.0 Å². The van der Waals surface area contributed by atoms with Crippen molar-refractivity contribution in [2.45, 2.75) is 43.6 Å². The summed E-state index contributed by atoms with van der Waals surface area (Å²) < 4.78 is 37.5. The molecular formula is C20H22O5S2. The van der Waals surface area contributed by atoms with Crippen molar-refractivity contribution in [3.8, 4) is 0 Å². The van der Waals surface area contributed by atoms with Crippen molar-refractivity contribution in [1.82, 2.24) is 0 Å². The molecule has 144 valence electrons. The van der Waals surface area contributed by atoms with Crippen LogP contribution in [-0.4, -0.2) is 39.9 Å². The Morgan fingerprint density at radius 3 is 2.37 bits per heavy atom. The quantitative estimate of drug-likeness (QED) is 0.754. The first-order valence-electron chi connectivity index (χ1n) is 9.15. The van der Waals surface area contributed by atoms with Gasteiger partial charge in [-0.25, -0.2) is 8.42 Å². The van der Waals surface area contributed by atoms with Gasteiger partial charge < -0.3 is 0 Å². The van der Waals surface area contributed by atoms with Crippen LogP contribution < -0.4 is 0 Å². The molecule has 1 saturated heterocycles. The monoisotopic (exact) mass is 406 g/mol. The zero-order valence-corrected chi connectivity index (χ0v) is 17.2. The van der Waals surface area contributed by atoms with Crippen molar-refractivity contribution in [2.75, 3.05) is 5.75 Å². The number of hydrogen-bond acceptors (Lipinski definition) is 5. The molecule has 3 aliphatic rings. The summed E-state index contributed by atoms with van der Waals surface area (Å²) in [5.74, 6) is -2.04. The predicted octanol–water partition coefficient (Wildman–Crippen LogP) is 2.69. The van der Waals surface area contributed by atoms with E-state index in [0.29, 0.717) is 11.1 Å². The molecule has 1 aliphatic heterocycles. The molecule has 2 aliphatic carbocycles. The van der Waals surface area contributed by atoms with Crippen molar-refractivity contribution in [3.05, 3.63) is 45.9 Å². The highest BCUT2D eigenvalue weighted by molar-refractivity contribution is 7.95. The van der Waals surface area contributed by atoms with Gasteiger partial charge in [-0.1, -0.05) is 43.7 Å². The molecule has 1 aromatic carbocycles. The SMILES string of the molecule is CC1=C2C(CCS2(=O)=O)[C@]2(S(=O)C(C)C)C(=O)c3ccccc3C(=O)C2C1. The van der Waals surface area contributed by atoms with Crippen LogP contribution in [0.25, 0.3) is 0 Å². The van der Waals surface area contributed by atoms with Crippen molar-refractivity contribution in [1.29, 1.82) is 0 Å². The summed E-state index contributed by atoms with van der Waals surface area (Å²) in [5, 5.41) is -0.363. The first-order chi connectivity index (χ1) is 12.6. The van der Waals surface area contributed by atoms with E-state index < -0.39 is 37.2 Å². The second kappa shape index (κ2) is 5.95. The van der Waals surface area contributed by atoms with E-state index in [1.165, 1.54) is 0 Å². The van der Waals surface area contributed by atoms with Crippen LogP contribution in [0, 0.1) is 11.8 Å². The molecule has 0 radical (unpaired) electrons. The molecule has 0 N–H and O–H groups in total. The number of allylic oxidation sites excluding steroid dienone is 2. The van der Waals surface area contributed by atoms with Crippen LogP contribution in [0.5, 0.6) is 0 Å². The third-order valence-electron chi connectivity index (χ3n) is 6.16. The highest BCUT2D eigenvalue weighted by atomic mass is 32.2. The van der Waals surface area contributed by atoms with Gasteiger partial charge in [0.05, 0.1) is 11.7 Å². The van der Waals surface area contributed by atoms with E-state index in [1.54, 1.807) is 45.0 Å². The van der Waals surface area contributed by atoms with E-state index in [0.717, 1.165) is 0 Å². The number of sulfone groups is 1. The van der Waals surface area contributed by atoms with Crippen LogP contribution in [0.1, 0.15) is 54.3 Å². The highest BCUT2D eigenvalue weighted by Gasteiger charge is 2.67. The van der Waals surface area contributed by atoms with Gasteiger partial charge in [-0.05, 0) is 19.8 Å². The summed E-state index contributed by atoms with van der Waals surface area (Å²) in [6.45, 7) is 5.24. The van der Waals surface area contributed by atoms with Crippen molar-refractivity contribution >= 4 is 32.2 Å². The normalized spacial score (nSPS) is 32.9. The average Bonchev–Trinajstić information content (AvgIpc) is 2.95. The highest BCUT2D eigenvalue weighted by Crippen LogP contribution is 2.56. The lowest BCUT2D eigenvalue weighted by Gasteiger charge is -2.49. The number of carbonyl (C=O) groups is 2. The molecule has 4 atom stereocenters. The lowest BCUT2D eigenvalue weighted by Crippen LogP contribution is -2.63. The molecule has 27 heavy (non-hydrogen) atoms. The van der Waals surface area contributed by atoms with Gasteiger partial charge in [0.1, 0.15) is 4.75 Å². The van der Waals surface area contributed by atoms with Gasteiger partial charge in [0.2, 0.25) is 0 Å². The summed E-state index contributed by atoms with van der Waals surface area (Å²) in [5.41, 5.74) is 1.27. The maximum absolute atomic E-state index is 13.8. The molecule has 1 aromatic rings. The fourth-order valence-corrected chi connectivity index (χ4v) is 9.42. The number of rotatable bonds is 2. The topological polar surface area (TPSA) is 85.3 Å². The molecule has 7 heteroatoms. The Kier molecular flexibility index (Phi) is 4.13. The summed E-state index contributed by atoms with van der Waals surface area (Å²) in [7, 11) is -5.16. The minimum absolute atomic E-state index is 0.0583. The van der Waals surface area contributed by atoms with Crippen molar-refractivity contribution in [2.24, 2.45) is 11.8 Å². The molecule has 3 unspecified atom stereocenters. The van der Waals surface area contributed by atoms with E-state index >= 15 is 0 Å². The Morgan fingerprint density at radius 1 is 1.11 bits per heavy atom. The van der Waals surface area contributed by atoms with Crippen molar-refractivity contribution < 1.29 is 22.2 Å². The number of hydrogen-bond donors (Lipinski definition) is 0. The molecular weight excluding hydrogens is 384 g/mol. The minimum atomic E-state index is -3.48. The number of ketones is 2. The molecule has 0 bridgehead atoms. The third-order valence-corrected chi connectivity index (χ3v) is 10.5. The number of Topliss-reactive ketones (excluding diaryl/α,β-unsaturated/α-hetero) is 2. The molecule has 5 nitrogen and oxygen atoms in total. The van der Waals surface area contributed by atoms with Gasteiger partial charge in [-0.15, -0.1) is 0 Å². The summed E-state index contributed by atoms with van der Waals surface area (Å²) in [6.07, 6.45) is 0.410. The smallest absolute Gasteiger partial charge is 0.183 e. The van der Waals surface area contributed by atoms with Gasteiger partial charge >= 0.3 is 0 Å². The molecule has 0 aromatic heterocycles. The summed E-state index contributed by atoms with van der Waals surface area (Å²) in [6, 6.07) is 6.64. The van der Waals surface area contributed by atoms with Crippen LogP contribution in [0.15, 0.2) is 34.7 Å². The fraction of sp³-hybridized carbons (Fsp3) is 0.500. The molecule has 1 heterocycles. The average molecular weight is 407 g/mol. The van der Waals surface area contributed by atoms with Crippen LogP contribution in [0.3, 0.4) is 0 Å². The zero-order chi connectivity index (χ0) is 19.7. The predicted molar refractivity (Wildman–Crippen MR) is 104 cm³/mol. The van der Waals surface area contributed by atoms with Gasteiger partial charge in [0.25, 0.3) is 0 Å². The van der Waals surface area contributed by atoms with E-state index in [-0.39, 0.29) is 45.9 Å². The van der Waals surface area contributed by atoms with E-state index in [4.69, 9.17) is 0 Å². The molecule has 4 rings (SSSR count). The Labute approximate surface area is 161 Å². The van der Waals surface area contributed by atoms with E-state index in [1.807, 2.05) is 0 Å². The number of carbonyl (C=O) groups excluding carboxylic acids is 2. The van der Waals surface area contributed by atoms with Crippen LogP contribution >= 0.6 is 0 Å². The molecule has 0 amide bonds. The zero-order valence-electron chi connectivity index (χ0n) is 15.5. The van der Waals surface area contributed by atoms with Crippen LogP contribution in [0.4, 0.5) is 0 Å². The first kappa shape index (κ1) is 18.7. The largest absolute Gasteiger partial charge is 0.294 e. The van der Waals surface area contributed by atoms with E-state index in [9.17, 15) is 22.2 Å². The lowest BCUT2D eigenvalue weighted by atomic mass is 9.62. The van der Waals surface area contributed by atoms with Crippen LogP contribution in [0.2, 0.25) is 0 Å². The second-order valence-electron chi connectivity index (χ2n) is 7.94. The number of fused-ring (bicyclic) bond motifs is 4. The Bertz CT molecular complexity index is 1030.